The Kier molecular flexibility index (Phi) is 3.55. The van der Waals surface area contributed by atoms with Gasteiger partial charge >= 0.3 is 0 Å². The number of nitrogens with two attached hydrogens (primary N) is 1. The van der Waals surface area contributed by atoms with E-state index in [1.165, 1.54) is 15.6 Å². The summed E-state index contributed by atoms with van der Waals surface area (Å²) < 4.78 is 1.28. The van der Waals surface area contributed by atoms with Crippen LogP contribution in [0.25, 0.3) is 10.1 Å². The fraction of sp³-hybridized carbons (Fsp3) is 0.176. The molecule has 1 aromatic heterocycles. The van der Waals surface area contributed by atoms with Gasteiger partial charge in [0.1, 0.15) is 0 Å². The molecule has 2 aromatic carbocycles. The summed E-state index contributed by atoms with van der Waals surface area (Å²) in [6, 6.07) is 12.4. The average Bonchev–Trinajstić information content (AvgIpc) is 2.86. The molecule has 0 radical (unpaired) electrons. The number of hydrogen-bond acceptors (Lipinski definition) is 2. The monoisotopic (exact) mass is 301 g/mol. The number of halogens is 1. The average molecular weight is 302 g/mol. The number of rotatable bonds is 2. The van der Waals surface area contributed by atoms with Gasteiger partial charge in [-0.1, -0.05) is 35.9 Å². The van der Waals surface area contributed by atoms with E-state index in [2.05, 4.69) is 42.6 Å². The third-order valence-corrected chi connectivity index (χ3v) is 5.12. The van der Waals surface area contributed by atoms with Crippen molar-refractivity contribution in [2.45, 2.75) is 19.9 Å². The number of aryl methyl sites for hydroxylation is 2. The van der Waals surface area contributed by atoms with Gasteiger partial charge in [-0.2, -0.15) is 0 Å². The summed E-state index contributed by atoms with van der Waals surface area (Å²) in [5.41, 5.74) is 11.1. The SMILES string of the molecule is Cc1cc(C(N)c2csc3ccccc23)c(C)cc1Cl. The lowest BCUT2D eigenvalue weighted by atomic mass is 9.94. The van der Waals surface area contributed by atoms with Crippen molar-refractivity contribution >= 4 is 33.0 Å². The molecular weight excluding hydrogens is 286 g/mol. The molecule has 0 fully saturated rings. The Morgan fingerprint density at radius 3 is 2.60 bits per heavy atom. The maximum atomic E-state index is 6.51. The molecule has 0 aliphatic carbocycles. The second-order valence-electron chi connectivity index (χ2n) is 5.12. The lowest BCUT2D eigenvalue weighted by Crippen LogP contribution is -2.13. The molecule has 3 rings (SSSR count). The van der Waals surface area contributed by atoms with Gasteiger partial charge < -0.3 is 5.73 Å². The van der Waals surface area contributed by atoms with Gasteiger partial charge in [0.05, 0.1) is 6.04 Å². The van der Waals surface area contributed by atoms with E-state index in [4.69, 9.17) is 17.3 Å². The third-order valence-electron chi connectivity index (χ3n) is 3.73. The van der Waals surface area contributed by atoms with Gasteiger partial charge in [-0.15, -0.1) is 11.3 Å². The molecule has 1 unspecified atom stereocenters. The maximum Gasteiger partial charge on any atom is 0.0568 e. The van der Waals surface area contributed by atoms with Crippen LogP contribution in [0.2, 0.25) is 5.02 Å². The highest BCUT2D eigenvalue weighted by Crippen LogP contribution is 2.34. The van der Waals surface area contributed by atoms with E-state index < -0.39 is 0 Å². The zero-order valence-corrected chi connectivity index (χ0v) is 13.1. The number of thiophene rings is 1. The molecule has 0 bridgehead atoms. The van der Waals surface area contributed by atoms with E-state index in [-0.39, 0.29) is 6.04 Å². The highest BCUT2D eigenvalue weighted by molar-refractivity contribution is 7.17. The van der Waals surface area contributed by atoms with Crippen LogP contribution in [-0.4, -0.2) is 0 Å². The van der Waals surface area contributed by atoms with Crippen LogP contribution in [0.15, 0.2) is 41.8 Å². The van der Waals surface area contributed by atoms with Gasteiger partial charge in [0.15, 0.2) is 0 Å². The molecule has 1 nitrogen and oxygen atoms in total. The van der Waals surface area contributed by atoms with Crippen molar-refractivity contribution in [2.24, 2.45) is 5.73 Å². The van der Waals surface area contributed by atoms with Crippen molar-refractivity contribution < 1.29 is 0 Å². The van der Waals surface area contributed by atoms with Crippen molar-refractivity contribution in [2.75, 3.05) is 0 Å². The van der Waals surface area contributed by atoms with E-state index in [0.29, 0.717) is 0 Å². The number of hydrogen-bond donors (Lipinski definition) is 1. The van der Waals surface area contributed by atoms with Crippen LogP contribution in [-0.2, 0) is 0 Å². The Bertz CT molecular complexity index is 776. The third kappa shape index (κ3) is 2.24. The summed E-state index contributed by atoms with van der Waals surface area (Å²) in [5.74, 6) is 0. The van der Waals surface area contributed by atoms with E-state index in [1.54, 1.807) is 11.3 Å². The van der Waals surface area contributed by atoms with Crippen molar-refractivity contribution in [3.05, 3.63) is 69.1 Å². The molecule has 0 aliphatic heterocycles. The summed E-state index contributed by atoms with van der Waals surface area (Å²) in [6.45, 7) is 4.08. The minimum atomic E-state index is -0.109. The van der Waals surface area contributed by atoms with Gasteiger partial charge in [-0.25, -0.2) is 0 Å². The normalized spacial score (nSPS) is 12.8. The molecule has 0 saturated heterocycles. The van der Waals surface area contributed by atoms with Gasteiger partial charge in [0, 0.05) is 9.72 Å². The fourth-order valence-electron chi connectivity index (χ4n) is 2.55. The van der Waals surface area contributed by atoms with Crippen LogP contribution < -0.4 is 5.73 Å². The summed E-state index contributed by atoms with van der Waals surface area (Å²) in [7, 11) is 0. The van der Waals surface area contributed by atoms with Crippen LogP contribution >= 0.6 is 22.9 Å². The molecule has 1 atom stereocenters. The van der Waals surface area contributed by atoms with E-state index in [0.717, 1.165) is 21.7 Å². The molecule has 3 heteroatoms. The lowest BCUT2D eigenvalue weighted by molar-refractivity contribution is 0.872. The van der Waals surface area contributed by atoms with E-state index in [1.807, 2.05) is 13.0 Å². The van der Waals surface area contributed by atoms with Crippen LogP contribution in [0, 0.1) is 13.8 Å². The van der Waals surface area contributed by atoms with Crippen LogP contribution in [0.5, 0.6) is 0 Å². The molecule has 0 aliphatic rings. The van der Waals surface area contributed by atoms with Crippen molar-refractivity contribution in [3.63, 3.8) is 0 Å². The number of benzene rings is 2. The van der Waals surface area contributed by atoms with Crippen LogP contribution in [0.4, 0.5) is 0 Å². The summed E-state index contributed by atoms with van der Waals surface area (Å²) in [6.07, 6.45) is 0. The predicted molar refractivity (Wildman–Crippen MR) is 88.8 cm³/mol. The first-order chi connectivity index (χ1) is 9.58. The minimum Gasteiger partial charge on any atom is -0.320 e. The van der Waals surface area contributed by atoms with Gasteiger partial charge in [-0.05, 0) is 59.0 Å². The van der Waals surface area contributed by atoms with Crippen molar-refractivity contribution in [1.82, 2.24) is 0 Å². The quantitative estimate of drug-likeness (QED) is 0.690. The molecule has 0 spiro atoms. The molecule has 2 N–H and O–H groups in total. The summed E-state index contributed by atoms with van der Waals surface area (Å²) in [4.78, 5) is 0. The maximum absolute atomic E-state index is 6.51. The van der Waals surface area contributed by atoms with Crippen LogP contribution in [0.3, 0.4) is 0 Å². The first-order valence-corrected chi connectivity index (χ1v) is 7.82. The molecule has 20 heavy (non-hydrogen) atoms. The smallest absolute Gasteiger partial charge is 0.0568 e. The molecule has 0 saturated carbocycles. The first kappa shape index (κ1) is 13.6. The van der Waals surface area contributed by atoms with Crippen molar-refractivity contribution in [1.29, 1.82) is 0 Å². The Labute approximate surface area is 128 Å². The topological polar surface area (TPSA) is 26.0 Å². The Morgan fingerprint density at radius 2 is 1.80 bits per heavy atom. The Hall–Kier alpha value is -1.35. The minimum absolute atomic E-state index is 0.109. The van der Waals surface area contributed by atoms with E-state index in [9.17, 15) is 0 Å². The molecule has 1 heterocycles. The van der Waals surface area contributed by atoms with Crippen molar-refractivity contribution in [3.8, 4) is 0 Å². The first-order valence-electron chi connectivity index (χ1n) is 6.56. The molecular formula is C17H16ClNS. The van der Waals surface area contributed by atoms with Gasteiger partial charge in [-0.3, -0.25) is 0 Å². The number of fused-ring (bicyclic) bond motifs is 1. The summed E-state index contributed by atoms with van der Waals surface area (Å²) in [5, 5.41) is 4.21. The highest BCUT2D eigenvalue weighted by Gasteiger charge is 2.16. The highest BCUT2D eigenvalue weighted by atomic mass is 35.5. The predicted octanol–water partition coefficient (Wildman–Crippen LogP) is 5.22. The lowest BCUT2D eigenvalue weighted by Gasteiger charge is -2.16. The second kappa shape index (κ2) is 5.21. The van der Waals surface area contributed by atoms with Gasteiger partial charge in [0.25, 0.3) is 0 Å². The fourth-order valence-corrected chi connectivity index (χ4v) is 3.76. The molecule has 102 valence electrons. The molecule has 3 aromatic rings. The Balaban J connectivity index is 2.13. The van der Waals surface area contributed by atoms with Crippen LogP contribution in [0.1, 0.15) is 28.3 Å². The van der Waals surface area contributed by atoms with E-state index >= 15 is 0 Å². The second-order valence-corrected chi connectivity index (χ2v) is 6.44. The largest absolute Gasteiger partial charge is 0.320 e. The van der Waals surface area contributed by atoms with Gasteiger partial charge in [0.2, 0.25) is 0 Å². The molecule has 0 amide bonds. The Morgan fingerprint density at radius 1 is 1.05 bits per heavy atom. The zero-order valence-electron chi connectivity index (χ0n) is 11.5. The summed E-state index contributed by atoms with van der Waals surface area (Å²) >= 11 is 7.92. The zero-order chi connectivity index (χ0) is 14.3. The standard InChI is InChI=1S/C17H16ClNS/c1-10-8-15(18)11(2)7-13(10)17(19)14-9-20-16-6-4-3-5-12(14)16/h3-9,17H,19H2,1-2H3.